The Balaban J connectivity index is 0.000000133. The topological polar surface area (TPSA) is 19.7 Å². The molecular weight excluding hydrogens is 1250 g/mol. The molecule has 22 rings (SSSR count). The molecule has 0 saturated carbocycles. The highest BCUT2D eigenvalue weighted by Gasteiger charge is 2.26. The molecule has 0 saturated heterocycles. The van der Waals surface area contributed by atoms with Crippen molar-refractivity contribution in [3.05, 3.63) is 375 Å². The first-order valence-corrected chi connectivity index (χ1v) is 36.0. The average Bonchev–Trinajstić information content (AvgIpc) is 1.58. The molecule has 0 fully saturated rings. The lowest BCUT2D eigenvalue weighted by molar-refractivity contribution is 1.18. The first kappa shape index (κ1) is 58.0. The molecule has 1 aliphatic rings. The minimum Gasteiger partial charge on any atom is -0.309 e. The van der Waals surface area contributed by atoms with E-state index in [0.29, 0.717) is 0 Å². The number of thiophene rings is 1. The van der Waals surface area contributed by atoms with Gasteiger partial charge in [-0.05, 0) is 207 Å². The molecule has 4 nitrogen and oxygen atoms in total. The van der Waals surface area contributed by atoms with Crippen LogP contribution in [-0.4, -0.2) is 18.3 Å². The molecule has 0 atom stereocenters. The van der Waals surface area contributed by atoms with Crippen molar-refractivity contribution in [2.24, 2.45) is 0 Å². The molecule has 1 aliphatic carbocycles. The van der Waals surface area contributed by atoms with Gasteiger partial charge in [0.2, 0.25) is 0 Å². The van der Waals surface area contributed by atoms with Gasteiger partial charge in [0.05, 0.1) is 44.1 Å². The van der Waals surface area contributed by atoms with E-state index < -0.39 is 0 Å². The van der Waals surface area contributed by atoms with Crippen molar-refractivity contribution in [3.8, 4) is 78.4 Å². The van der Waals surface area contributed by atoms with Gasteiger partial charge in [-0.3, -0.25) is 0 Å². The summed E-state index contributed by atoms with van der Waals surface area (Å²) in [6.45, 7) is 0. The Kier molecular flexibility index (Phi) is 13.2. The van der Waals surface area contributed by atoms with Gasteiger partial charge >= 0.3 is 0 Å². The molecule has 0 spiro atoms. The molecule has 21 aromatic rings. The smallest absolute Gasteiger partial charge is 0.0548 e. The van der Waals surface area contributed by atoms with Crippen LogP contribution in [-0.2, 0) is 6.42 Å². The molecule has 5 heterocycles. The van der Waals surface area contributed by atoms with Crippen LogP contribution in [0.2, 0.25) is 0 Å². The normalized spacial score (nSPS) is 12.1. The Morgan fingerprint density at radius 3 is 1.10 bits per heavy atom. The van der Waals surface area contributed by atoms with Crippen molar-refractivity contribution >= 4 is 119 Å². The van der Waals surface area contributed by atoms with Gasteiger partial charge in [0, 0.05) is 86.0 Å². The molecule has 102 heavy (non-hydrogen) atoms. The van der Waals surface area contributed by atoms with E-state index in [-0.39, 0.29) is 0 Å². The van der Waals surface area contributed by atoms with E-state index in [9.17, 15) is 0 Å². The van der Waals surface area contributed by atoms with Crippen LogP contribution in [0.5, 0.6) is 0 Å². The van der Waals surface area contributed by atoms with Gasteiger partial charge < -0.3 is 18.3 Å². The standard InChI is InChI=1S/C49H32N2.C48H30N2S/c1-3-11-32(12-4-1)33-19-24-39(25-20-33)50-44-18-10-9-17-41(44)42-30-34(21-26-45(42)50)35-22-27-46-43(31-35)49-47(51(46)38-14-5-2-6-15-38)28-23-37-29-36-13-7-8-16-40(36)48(37)49;1-3-11-31(12-4-1)32-19-23-36(24-20-32)49-43-17-9-7-15-37(43)39-27-33(21-25-44(39)49)34-22-26-45-40(28-34)41-30-48-42(38-16-8-10-18-47(38)51-48)29-46(41)50(45)35-13-5-2-6-14-35/h1-28,30-31H,29H2;1-30H. The molecule has 0 unspecified atom stereocenters. The van der Waals surface area contributed by atoms with Crippen LogP contribution < -0.4 is 0 Å². The number of rotatable bonds is 8. The summed E-state index contributed by atoms with van der Waals surface area (Å²) in [5.74, 6) is 0. The highest BCUT2D eigenvalue weighted by Crippen LogP contribution is 2.48. The second-order valence-corrected chi connectivity index (χ2v) is 28.2. The van der Waals surface area contributed by atoms with Crippen molar-refractivity contribution in [2.75, 3.05) is 0 Å². The SMILES string of the molecule is c1ccc(-c2ccc(-n3c4ccccc4c4cc(-c5ccc6c(c5)c5c7c(ccc5n6-c5ccccc5)Cc5ccccc5-7)ccc43)cc2)cc1.c1ccc(-c2ccc(-n3c4ccccc4c4cc(-c5ccc6c(c5)c5cc7sc8ccccc8c7cc5n6-c5ccccc5)ccc43)cc2)cc1. The van der Waals surface area contributed by atoms with Crippen molar-refractivity contribution in [1.82, 2.24) is 18.3 Å². The van der Waals surface area contributed by atoms with Gasteiger partial charge in [0.15, 0.2) is 0 Å². The fraction of sp³-hybridized carbons (Fsp3) is 0.0103. The largest absolute Gasteiger partial charge is 0.309 e. The molecule has 16 aromatic carbocycles. The van der Waals surface area contributed by atoms with Gasteiger partial charge in [0.1, 0.15) is 0 Å². The highest BCUT2D eigenvalue weighted by molar-refractivity contribution is 7.25. The second kappa shape index (κ2) is 23.3. The average molecular weight is 1320 g/mol. The third kappa shape index (κ3) is 9.22. The Morgan fingerprint density at radius 1 is 0.196 bits per heavy atom. The zero-order valence-corrected chi connectivity index (χ0v) is 56.4. The zero-order chi connectivity index (χ0) is 66.9. The number of para-hydroxylation sites is 4. The predicted molar refractivity (Wildman–Crippen MR) is 433 cm³/mol. The van der Waals surface area contributed by atoms with Crippen molar-refractivity contribution < 1.29 is 0 Å². The maximum atomic E-state index is 2.44. The molecule has 5 aromatic heterocycles. The van der Waals surface area contributed by atoms with E-state index in [0.717, 1.165) is 17.8 Å². The van der Waals surface area contributed by atoms with E-state index in [1.165, 1.54) is 186 Å². The van der Waals surface area contributed by atoms with E-state index in [4.69, 9.17) is 0 Å². The summed E-state index contributed by atoms with van der Waals surface area (Å²) in [5.41, 5.74) is 29.8. The molecule has 5 heteroatoms. The summed E-state index contributed by atoms with van der Waals surface area (Å²) >= 11 is 1.88. The third-order valence-corrected chi connectivity index (χ3v) is 22.6. The fourth-order valence-corrected chi connectivity index (χ4v) is 17.9. The summed E-state index contributed by atoms with van der Waals surface area (Å²) < 4.78 is 12.3. The van der Waals surface area contributed by atoms with E-state index >= 15 is 0 Å². The second-order valence-electron chi connectivity index (χ2n) is 27.1. The quantitative estimate of drug-likeness (QED) is 0.144. The first-order chi connectivity index (χ1) is 50.6. The monoisotopic (exact) mass is 1310 g/mol. The molecule has 0 amide bonds. The number of benzene rings is 16. The number of fused-ring (bicyclic) bond motifs is 19. The van der Waals surface area contributed by atoms with Gasteiger partial charge in [-0.15, -0.1) is 11.3 Å². The summed E-state index contributed by atoms with van der Waals surface area (Å²) in [4.78, 5) is 0. The Morgan fingerprint density at radius 2 is 0.559 bits per heavy atom. The maximum Gasteiger partial charge on any atom is 0.0548 e. The molecule has 0 aliphatic heterocycles. The van der Waals surface area contributed by atoms with E-state index in [1.54, 1.807) is 0 Å². The van der Waals surface area contributed by atoms with Crippen LogP contribution in [0.15, 0.2) is 364 Å². The lowest BCUT2D eigenvalue weighted by Crippen LogP contribution is -1.94. The highest BCUT2D eigenvalue weighted by atomic mass is 32.1. The van der Waals surface area contributed by atoms with Crippen LogP contribution in [0.1, 0.15) is 11.1 Å². The predicted octanol–water partition coefficient (Wildman–Crippen LogP) is 26.4. The Bertz CT molecular complexity index is 6910. The molecule has 0 N–H and O–H groups in total. The minimum atomic E-state index is 0.981. The van der Waals surface area contributed by atoms with Crippen LogP contribution in [0.25, 0.3) is 186 Å². The fourth-order valence-electron chi connectivity index (χ4n) is 16.8. The number of hydrogen-bond donors (Lipinski definition) is 0. The lowest BCUT2D eigenvalue weighted by Gasteiger charge is -2.10. The summed E-state index contributed by atoms with van der Waals surface area (Å²) in [6.07, 6.45) is 0.981. The van der Waals surface area contributed by atoms with Crippen molar-refractivity contribution in [1.29, 1.82) is 0 Å². The third-order valence-electron chi connectivity index (χ3n) is 21.5. The number of nitrogens with zero attached hydrogens (tertiary/aromatic N) is 4. The first-order valence-electron chi connectivity index (χ1n) is 35.2. The molecule has 476 valence electrons. The Labute approximate surface area is 593 Å². The van der Waals surface area contributed by atoms with Gasteiger partial charge in [-0.1, -0.05) is 231 Å². The van der Waals surface area contributed by atoms with Gasteiger partial charge in [-0.2, -0.15) is 0 Å². The molecule has 0 bridgehead atoms. The van der Waals surface area contributed by atoms with Crippen LogP contribution in [0, 0.1) is 0 Å². The number of aromatic nitrogens is 4. The molecule has 0 radical (unpaired) electrons. The van der Waals surface area contributed by atoms with E-state index in [2.05, 4.69) is 382 Å². The maximum absolute atomic E-state index is 2.44. The lowest BCUT2D eigenvalue weighted by atomic mass is 9.96. The summed E-state index contributed by atoms with van der Waals surface area (Å²) in [7, 11) is 0. The Hall–Kier alpha value is -13.1. The molecular formula is C97H62N4S. The van der Waals surface area contributed by atoms with Crippen molar-refractivity contribution in [3.63, 3.8) is 0 Å². The van der Waals surface area contributed by atoms with Crippen molar-refractivity contribution in [2.45, 2.75) is 6.42 Å². The van der Waals surface area contributed by atoms with Crippen LogP contribution >= 0.6 is 11.3 Å². The zero-order valence-electron chi connectivity index (χ0n) is 55.5. The van der Waals surface area contributed by atoms with Gasteiger partial charge in [-0.25, -0.2) is 0 Å². The summed E-state index contributed by atoms with van der Waals surface area (Å²) in [6, 6.07) is 133. The summed E-state index contributed by atoms with van der Waals surface area (Å²) in [5, 5.41) is 12.9. The van der Waals surface area contributed by atoms with E-state index in [1.807, 2.05) is 11.3 Å². The van der Waals surface area contributed by atoms with Gasteiger partial charge in [0.25, 0.3) is 0 Å². The minimum absolute atomic E-state index is 0.981. The number of hydrogen-bond acceptors (Lipinski definition) is 1. The van der Waals surface area contributed by atoms with Crippen LogP contribution in [0.3, 0.4) is 0 Å². The van der Waals surface area contributed by atoms with Crippen LogP contribution in [0.4, 0.5) is 0 Å².